The number of ether oxygens (including phenoxy) is 1. The predicted molar refractivity (Wildman–Crippen MR) is 73.3 cm³/mol. The van der Waals surface area contributed by atoms with Crippen LogP contribution in [0.15, 0.2) is 0 Å². The fourth-order valence-corrected chi connectivity index (χ4v) is 2.34. The van der Waals surface area contributed by atoms with E-state index < -0.39 is 6.04 Å². The summed E-state index contributed by atoms with van der Waals surface area (Å²) in [6, 6.07) is -0.595. The second-order valence-electron chi connectivity index (χ2n) is 4.82. The van der Waals surface area contributed by atoms with E-state index in [1.54, 1.807) is 11.8 Å². The normalized spacial score (nSPS) is 24.5. The van der Waals surface area contributed by atoms with Gasteiger partial charge in [0.1, 0.15) is 6.04 Å². The van der Waals surface area contributed by atoms with Gasteiger partial charge in [-0.1, -0.05) is 0 Å². The Morgan fingerprint density at radius 2 is 2.05 bits per heavy atom. The van der Waals surface area contributed by atoms with Crippen molar-refractivity contribution in [3.63, 3.8) is 0 Å². The number of carbonyl (C=O) groups excluding carboxylic acids is 2. The highest BCUT2D eigenvalue weighted by molar-refractivity contribution is 5.89. The number of halogens is 1. The lowest BCUT2D eigenvalue weighted by molar-refractivity contribution is -0.139. The van der Waals surface area contributed by atoms with Gasteiger partial charge in [-0.2, -0.15) is 0 Å². The number of morpholine rings is 1. The topological polar surface area (TPSA) is 70.7 Å². The van der Waals surface area contributed by atoms with E-state index >= 15 is 0 Å². The monoisotopic (exact) mass is 291 g/mol. The molecule has 2 N–H and O–H groups in total. The molecule has 2 fully saturated rings. The smallest absolute Gasteiger partial charge is 0.245 e. The maximum Gasteiger partial charge on any atom is 0.245 e. The second kappa shape index (κ2) is 7.67. The molecule has 2 aliphatic heterocycles. The number of amides is 2. The fourth-order valence-electron chi connectivity index (χ4n) is 2.34. The minimum atomic E-state index is -0.460. The molecule has 2 atom stereocenters. The van der Waals surface area contributed by atoms with Crippen LogP contribution in [0.5, 0.6) is 0 Å². The van der Waals surface area contributed by atoms with E-state index in [2.05, 4.69) is 10.6 Å². The Morgan fingerprint density at radius 1 is 1.37 bits per heavy atom. The molecule has 7 heteroatoms. The van der Waals surface area contributed by atoms with Crippen molar-refractivity contribution in [1.82, 2.24) is 15.5 Å². The third-order valence-electron chi connectivity index (χ3n) is 3.43. The van der Waals surface area contributed by atoms with Gasteiger partial charge in [-0.25, -0.2) is 0 Å². The van der Waals surface area contributed by atoms with Crippen LogP contribution >= 0.6 is 12.4 Å². The highest BCUT2D eigenvalue weighted by atomic mass is 35.5. The van der Waals surface area contributed by atoms with Gasteiger partial charge >= 0.3 is 0 Å². The van der Waals surface area contributed by atoms with E-state index in [-0.39, 0.29) is 30.3 Å². The van der Waals surface area contributed by atoms with Gasteiger partial charge in [0.15, 0.2) is 0 Å². The van der Waals surface area contributed by atoms with Crippen LogP contribution in [0.4, 0.5) is 0 Å². The maximum absolute atomic E-state index is 12.1. The van der Waals surface area contributed by atoms with E-state index in [9.17, 15) is 9.59 Å². The molecule has 2 aliphatic rings. The molecule has 0 aromatic carbocycles. The highest BCUT2D eigenvalue weighted by Gasteiger charge is 2.27. The van der Waals surface area contributed by atoms with Gasteiger partial charge in [0.05, 0.1) is 19.3 Å². The van der Waals surface area contributed by atoms with E-state index in [4.69, 9.17) is 4.74 Å². The van der Waals surface area contributed by atoms with Crippen LogP contribution in [-0.4, -0.2) is 61.6 Å². The van der Waals surface area contributed by atoms with Crippen molar-refractivity contribution in [3.8, 4) is 0 Å². The third kappa shape index (κ3) is 4.33. The lowest BCUT2D eigenvalue weighted by Gasteiger charge is -2.29. The molecule has 19 heavy (non-hydrogen) atoms. The summed E-state index contributed by atoms with van der Waals surface area (Å²) in [4.78, 5) is 25.7. The van der Waals surface area contributed by atoms with Crippen molar-refractivity contribution in [2.24, 2.45) is 0 Å². The average molecular weight is 292 g/mol. The lowest BCUT2D eigenvalue weighted by Crippen LogP contribution is -2.53. The van der Waals surface area contributed by atoms with Crippen LogP contribution in [0, 0.1) is 0 Å². The summed E-state index contributed by atoms with van der Waals surface area (Å²) in [6.45, 7) is 5.00. The van der Waals surface area contributed by atoms with Gasteiger partial charge in [0, 0.05) is 13.1 Å². The molecule has 6 nitrogen and oxygen atoms in total. The largest absolute Gasteiger partial charge is 0.378 e. The lowest BCUT2D eigenvalue weighted by atomic mass is 10.2. The van der Waals surface area contributed by atoms with E-state index in [0.717, 1.165) is 19.4 Å². The number of hydrogen-bond acceptors (Lipinski definition) is 4. The molecule has 2 heterocycles. The highest BCUT2D eigenvalue weighted by Crippen LogP contribution is 2.06. The summed E-state index contributed by atoms with van der Waals surface area (Å²) in [5, 5.41) is 5.91. The number of hydrogen-bond donors (Lipinski definition) is 2. The zero-order valence-electron chi connectivity index (χ0n) is 11.2. The zero-order valence-corrected chi connectivity index (χ0v) is 12.0. The van der Waals surface area contributed by atoms with Crippen LogP contribution in [0.2, 0.25) is 0 Å². The first kappa shape index (κ1) is 16.2. The molecule has 110 valence electrons. The first-order valence-corrected chi connectivity index (χ1v) is 6.59. The zero-order chi connectivity index (χ0) is 13.0. The second-order valence-corrected chi connectivity index (χ2v) is 4.82. The summed E-state index contributed by atoms with van der Waals surface area (Å²) >= 11 is 0. The maximum atomic E-state index is 12.1. The van der Waals surface area contributed by atoms with Crippen LogP contribution in [0.1, 0.15) is 19.8 Å². The van der Waals surface area contributed by atoms with Crippen LogP contribution in [0.25, 0.3) is 0 Å². The Kier molecular flexibility index (Phi) is 6.54. The first-order valence-electron chi connectivity index (χ1n) is 6.59. The van der Waals surface area contributed by atoms with Gasteiger partial charge in [-0.05, 0) is 26.3 Å². The van der Waals surface area contributed by atoms with Gasteiger partial charge in [-0.3, -0.25) is 9.59 Å². The summed E-state index contributed by atoms with van der Waals surface area (Å²) in [5.41, 5.74) is 0. The van der Waals surface area contributed by atoms with E-state index in [1.165, 1.54) is 0 Å². The van der Waals surface area contributed by atoms with Crippen molar-refractivity contribution in [2.45, 2.75) is 31.8 Å². The van der Waals surface area contributed by atoms with Crippen molar-refractivity contribution < 1.29 is 14.3 Å². The number of rotatable bonds is 3. The molecule has 1 unspecified atom stereocenters. The number of nitrogens with zero attached hydrogens (tertiary/aromatic N) is 1. The Morgan fingerprint density at radius 3 is 2.63 bits per heavy atom. The van der Waals surface area contributed by atoms with Crippen molar-refractivity contribution in [1.29, 1.82) is 0 Å². The number of carbonyl (C=O) groups is 2. The van der Waals surface area contributed by atoms with E-state index in [0.29, 0.717) is 26.3 Å². The van der Waals surface area contributed by atoms with Gasteiger partial charge < -0.3 is 20.3 Å². The molecule has 2 rings (SSSR count). The third-order valence-corrected chi connectivity index (χ3v) is 3.43. The molecule has 0 radical (unpaired) electrons. The summed E-state index contributed by atoms with van der Waals surface area (Å²) in [5.74, 6) is -0.0914. The standard InChI is InChI=1S/C12H21N3O3.ClH/c1-9(12(17)15-5-7-18-8-6-15)14-11(16)10-3-2-4-13-10;/h9-10,13H,2-8H2,1H3,(H,14,16);1H/t9?,10-;/m0./s1. The molecule has 0 aliphatic carbocycles. The quantitative estimate of drug-likeness (QED) is 0.737. The minimum Gasteiger partial charge on any atom is -0.378 e. The minimum absolute atomic E-state index is 0. The number of nitrogens with one attached hydrogen (secondary N) is 2. The fraction of sp³-hybridized carbons (Fsp3) is 0.833. The average Bonchev–Trinajstić information content (AvgIpc) is 2.92. The van der Waals surface area contributed by atoms with E-state index in [1.807, 2.05) is 0 Å². The summed E-state index contributed by atoms with van der Waals surface area (Å²) in [6.07, 6.45) is 1.87. The Balaban J connectivity index is 0.00000180. The molecule has 0 spiro atoms. The predicted octanol–water partition coefficient (Wildman–Crippen LogP) is -0.476. The molecule has 2 saturated heterocycles. The molecule has 0 saturated carbocycles. The molecular weight excluding hydrogens is 270 g/mol. The SMILES string of the molecule is CC(NC(=O)[C@@H]1CCCN1)C(=O)N1CCOCC1.Cl. The van der Waals surface area contributed by atoms with Gasteiger partial charge in [0.2, 0.25) is 11.8 Å². The Labute approximate surface area is 119 Å². The van der Waals surface area contributed by atoms with Crippen LogP contribution in [0.3, 0.4) is 0 Å². The molecule has 0 aromatic heterocycles. The van der Waals surface area contributed by atoms with Gasteiger partial charge in [0.25, 0.3) is 0 Å². The van der Waals surface area contributed by atoms with Crippen molar-refractivity contribution >= 4 is 24.2 Å². The van der Waals surface area contributed by atoms with Crippen molar-refractivity contribution in [2.75, 3.05) is 32.8 Å². The van der Waals surface area contributed by atoms with Gasteiger partial charge in [-0.15, -0.1) is 12.4 Å². The Bertz CT molecular complexity index is 315. The molecule has 0 aromatic rings. The molecule has 0 bridgehead atoms. The summed E-state index contributed by atoms with van der Waals surface area (Å²) < 4.78 is 5.20. The van der Waals surface area contributed by atoms with Crippen molar-refractivity contribution in [3.05, 3.63) is 0 Å². The molecular formula is C12H22ClN3O3. The summed E-state index contributed by atoms with van der Waals surface area (Å²) in [7, 11) is 0. The Hall–Kier alpha value is -0.850. The van der Waals surface area contributed by atoms with Crippen LogP contribution in [-0.2, 0) is 14.3 Å². The van der Waals surface area contributed by atoms with Crippen LogP contribution < -0.4 is 10.6 Å². The molecule has 2 amide bonds. The first-order chi connectivity index (χ1) is 8.68.